The zero-order valence-electron chi connectivity index (χ0n) is 21.1. The molecule has 0 fully saturated rings. The molecule has 1 amide bonds. The highest BCUT2D eigenvalue weighted by atomic mass is 32.2. The van der Waals surface area contributed by atoms with Crippen LogP contribution >= 0.6 is 23.1 Å². The first-order valence-corrected chi connectivity index (χ1v) is 14.2. The van der Waals surface area contributed by atoms with Gasteiger partial charge in [-0.05, 0) is 66.0 Å². The molecule has 186 valence electrons. The average molecular weight is 518 g/mol. The number of para-hydroxylation sites is 1. The van der Waals surface area contributed by atoms with E-state index in [1.807, 2.05) is 54.6 Å². The second-order valence-electron chi connectivity index (χ2n) is 10.6. The van der Waals surface area contributed by atoms with Crippen molar-refractivity contribution in [2.75, 3.05) is 11.1 Å². The van der Waals surface area contributed by atoms with Crippen LogP contribution < -0.4 is 10.9 Å². The number of thioether (sulfide) groups is 1. The van der Waals surface area contributed by atoms with Crippen LogP contribution in [0.3, 0.4) is 0 Å². The highest BCUT2D eigenvalue weighted by Gasteiger charge is 2.25. The molecule has 36 heavy (non-hydrogen) atoms. The van der Waals surface area contributed by atoms with Gasteiger partial charge in [0.05, 0.1) is 16.8 Å². The summed E-state index contributed by atoms with van der Waals surface area (Å²) in [6.45, 7) is 8.76. The molecule has 1 N–H and O–H groups in total. The molecule has 7 heteroatoms. The van der Waals surface area contributed by atoms with Crippen molar-refractivity contribution >= 4 is 44.9 Å². The average Bonchev–Trinajstić information content (AvgIpc) is 3.20. The third-order valence-electron chi connectivity index (χ3n) is 6.68. The highest BCUT2D eigenvalue weighted by Crippen LogP contribution is 2.37. The molecule has 0 saturated heterocycles. The largest absolute Gasteiger partial charge is 0.325 e. The van der Waals surface area contributed by atoms with Gasteiger partial charge in [0.25, 0.3) is 5.56 Å². The van der Waals surface area contributed by atoms with E-state index in [0.717, 1.165) is 40.9 Å². The molecular weight excluding hydrogens is 486 g/mol. The van der Waals surface area contributed by atoms with Crippen molar-refractivity contribution in [3.63, 3.8) is 0 Å². The lowest BCUT2D eigenvalue weighted by Crippen LogP contribution is -2.23. The van der Waals surface area contributed by atoms with E-state index in [4.69, 9.17) is 4.98 Å². The molecular formula is C29H31N3O2S2. The van der Waals surface area contributed by atoms with Gasteiger partial charge < -0.3 is 5.32 Å². The van der Waals surface area contributed by atoms with Crippen LogP contribution in [0.1, 0.15) is 50.1 Å². The lowest BCUT2D eigenvalue weighted by atomic mass is 9.87. The number of aromatic nitrogens is 2. The molecule has 0 bridgehead atoms. The lowest BCUT2D eigenvalue weighted by Gasteiger charge is -2.19. The summed E-state index contributed by atoms with van der Waals surface area (Å²) in [7, 11) is 0. The summed E-state index contributed by atoms with van der Waals surface area (Å²) in [6, 6.07) is 17.6. The monoisotopic (exact) mass is 517 g/mol. The molecule has 2 aromatic carbocycles. The van der Waals surface area contributed by atoms with Gasteiger partial charge in [0.15, 0.2) is 5.16 Å². The number of hydrogen-bond donors (Lipinski definition) is 1. The van der Waals surface area contributed by atoms with Gasteiger partial charge in [-0.1, -0.05) is 69.8 Å². The number of thiophene rings is 1. The van der Waals surface area contributed by atoms with E-state index in [2.05, 4.69) is 33.0 Å². The number of hydrogen-bond acceptors (Lipinski definition) is 5. The first kappa shape index (κ1) is 24.8. The smallest absolute Gasteiger partial charge is 0.267 e. The molecule has 0 radical (unpaired) electrons. The van der Waals surface area contributed by atoms with E-state index in [-0.39, 0.29) is 22.6 Å². The second-order valence-corrected chi connectivity index (χ2v) is 12.6. The van der Waals surface area contributed by atoms with Gasteiger partial charge in [-0.25, -0.2) is 4.98 Å². The van der Waals surface area contributed by atoms with Crippen molar-refractivity contribution in [1.82, 2.24) is 9.55 Å². The van der Waals surface area contributed by atoms with E-state index in [0.29, 0.717) is 11.1 Å². The molecule has 1 aliphatic carbocycles. The summed E-state index contributed by atoms with van der Waals surface area (Å²) in [4.78, 5) is 33.6. The van der Waals surface area contributed by atoms with Crippen LogP contribution in [0.15, 0.2) is 64.5 Å². The van der Waals surface area contributed by atoms with E-state index >= 15 is 0 Å². The fraction of sp³-hybridized carbons (Fsp3) is 0.345. The van der Waals surface area contributed by atoms with Crippen molar-refractivity contribution in [2.45, 2.75) is 57.5 Å². The van der Waals surface area contributed by atoms with E-state index in [9.17, 15) is 9.59 Å². The molecule has 5 rings (SSSR count). The highest BCUT2D eigenvalue weighted by molar-refractivity contribution is 7.99. The van der Waals surface area contributed by atoms with Gasteiger partial charge in [0, 0.05) is 10.6 Å². The number of amides is 1. The summed E-state index contributed by atoms with van der Waals surface area (Å²) in [6.07, 6.45) is 3.02. The Morgan fingerprint density at radius 3 is 2.56 bits per heavy atom. The number of carbonyl (C=O) groups is 1. The Morgan fingerprint density at radius 1 is 1.14 bits per heavy atom. The van der Waals surface area contributed by atoms with Gasteiger partial charge in [-0.2, -0.15) is 0 Å². The van der Waals surface area contributed by atoms with Crippen LogP contribution in [0, 0.1) is 5.92 Å². The van der Waals surface area contributed by atoms with Crippen molar-refractivity contribution in [3.8, 4) is 5.69 Å². The SMILES string of the molecule is CC1CCc2c(sc3nc(SCC(=O)Nc4ccc(C(C)(C)C)cc4)n(-c4ccccc4)c(=O)c23)C1. The Hall–Kier alpha value is -2.90. The van der Waals surface area contributed by atoms with E-state index in [1.54, 1.807) is 15.9 Å². The first-order valence-electron chi connectivity index (χ1n) is 12.4. The van der Waals surface area contributed by atoms with Crippen LogP contribution in [-0.2, 0) is 23.1 Å². The molecule has 1 aliphatic rings. The van der Waals surface area contributed by atoms with Crippen LogP contribution in [0.5, 0.6) is 0 Å². The lowest BCUT2D eigenvalue weighted by molar-refractivity contribution is -0.113. The van der Waals surface area contributed by atoms with Crippen molar-refractivity contribution in [3.05, 3.63) is 81.0 Å². The van der Waals surface area contributed by atoms with E-state index in [1.165, 1.54) is 27.8 Å². The summed E-state index contributed by atoms with van der Waals surface area (Å²) in [5, 5.41) is 4.27. The summed E-state index contributed by atoms with van der Waals surface area (Å²) in [5.74, 6) is 0.655. The summed E-state index contributed by atoms with van der Waals surface area (Å²) >= 11 is 2.94. The van der Waals surface area contributed by atoms with Crippen LogP contribution in [0.2, 0.25) is 0 Å². The minimum atomic E-state index is -0.128. The molecule has 2 aromatic heterocycles. The number of fused-ring (bicyclic) bond motifs is 3. The number of carbonyl (C=O) groups excluding carboxylic acids is 1. The number of anilines is 1. The van der Waals surface area contributed by atoms with Crippen LogP contribution in [0.25, 0.3) is 15.9 Å². The molecule has 1 atom stereocenters. The number of rotatable bonds is 5. The minimum absolute atomic E-state index is 0.0427. The number of aryl methyl sites for hydroxylation is 1. The zero-order valence-corrected chi connectivity index (χ0v) is 22.8. The van der Waals surface area contributed by atoms with E-state index < -0.39 is 0 Å². The Labute approximate surface area is 220 Å². The van der Waals surface area contributed by atoms with Crippen molar-refractivity contribution in [1.29, 1.82) is 0 Å². The fourth-order valence-electron chi connectivity index (χ4n) is 4.65. The Balaban J connectivity index is 1.44. The van der Waals surface area contributed by atoms with Crippen molar-refractivity contribution < 1.29 is 4.79 Å². The molecule has 0 saturated carbocycles. The fourth-order valence-corrected chi connectivity index (χ4v) is 6.89. The zero-order chi connectivity index (χ0) is 25.4. The topological polar surface area (TPSA) is 64.0 Å². The second kappa shape index (κ2) is 9.87. The maximum Gasteiger partial charge on any atom is 0.267 e. The predicted molar refractivity (Wildman–Crippen MR) is 151 cm³/mol. The summed E-state index contributed by atoms with van der Waals surface area (Å²) < 4.78 is 1.67. The maximum absolute atomic E-state index is 13.8. The molecule has 1 unspecified atom stereocenters. The van der Waals surface area contributed by atoms with Crippen molar-refractivity contribution in [2.24, 2.45) is 5.92 Å². The Kier molecular flexibility index (Phi) is 6.79. The van der Waals surface area contributed by atoms with Crippen LogP contribution in [0.4, 0.5) is 5.69 Å². The third kappa shape index (κ3) is 5.00. The molecule has 4 aromatic rings. The first-order chi connectivity index (χ1) is 17.2. The quantitative estimate of drug-likeness (QED) is 0.239. The Morgan fingerprint density at radius 2 is 1.86 bits per heavy atom. The maximum atomic E-state index is 13.8. The van der Waals surface area contributed by atoms with Crippen LogP contribution in [-0.4, -0.2) is 21.2 Å². The summed E-state index contributed by atoms with van der Waals surface area (Å²) in [5.41, 5.74) is 3.93. The Bertz CT molecular complexity index is 1470. The van der Waals surface area contributed by atoms with Gasteiger partial charge in [0.1, 0.15) is 4.83 Å². The predicted octanol–water partition coefficient (Wildman–Crippen LogP) is 6.60. The number of nitrogens with zero attached hydrogens (tertiary/aromatic N) is 2. The molecule has 5 nitrogen and oxygen atoms in total. The normalized spacial score (nSPS) is 15.6. The number of benzene rings is 2. The standard InChI is InChI=1S/C29H31N3O2S2/c1-18-10-15-22-23(16-18)36-26-25(22)27(34)32(21-8-6-5-7-9-21)28(31-26)35-17-24(33)30-20-13-11-19(12-14-20)29(2,3)4/h5-9,11-14,18H,10,15-17H2,1-4H3,(H,30,33). The third-order valence-corrected chi connectivity index (χ3v) is 8.77. The minimum Gasteiger partial charge on any atom is -0.325 e. The van der Waals surface area contributed by atoms with Gasteiger partial charge >= 0.3 is 0 Å². The molecule has 0 spiro atoms. The molecule has 2 heterocycles. The van der Waals surface area contributed by atoms with Gasteiger partial charge in [-0.3, -0.25) is 14.2 Å². The molecule has 0 aliphatic heterocycles. The van der Waals surface area contributed by atoms with Gasteiger partial charge in [0.2, 0.25) is 5.91 Å². The number of nitrogens with one attached hydrogen (secondary N) is 1. The van der Waals surface area contributed by atoms with Gasteiger partial charge in [-0.15, -0.1) is 11.3 Å².